The first-order valence-electron chi connectivity index (χ1n) is 30.9. The average molecular weight is 1210 g/mol. The number of hydrogen-bond donors (Lipinski definition) is 5. The predicted molar refractivity (Wildman–Crippen MR) is 329 cm³/mol. The number of aryl methyl sites for hydroxylation is 1. The van der Waals surface area contributed by atoms with Gasteiger partial charge < -0.3 is 50.3 Å². The van der Waals surface area contributed by atoms with Crippen molar-refractivity contribution in [2.24, 2.45) is 5.41 Å². The van der Waals surface area contributed by atoms with Crippen LogP contribution in [0.15, 0.2) is 54.2 Å². The predicted octanol–water partition coefficient (Wildman–Crippen LogP) is 9.84. The minimum Gasteiger partial charge on any atom is -0.508 e. The summed E-state index contributed by atoms with van der Waals surface area (Å²) < 4.78 is 59.9. The Balaban J connectivity index is 0.632. The lowest BCUT2D eigenvalue weighted by molar-refractivity contribution is -0.145. The van der Waals surface area contributed by atoms with Crippen LogP contribution in [0.2, 0.25) is 0 Å². The minimum atomic E-state index is -1.98. The first-order chi connectivity index (χ1) is 41.8. The van der Waals surface area contributed by atoms with E-state index in [9.17, 15) is 29.0 Å². The van der Waals surface area contributed by atoms with Crippen molar-refractivity contribution in [1.29, 1.82) is 0 Å². The number of benzene rings is 3. The summed E-state index contributed by atoms with van der Waals surface area (Å²) in [5.74, 6) is 0.274. The number of phenols is 1. The molecule has 21 heteroatoms. The summed E-state index contributed by atoms with van der Waals surface area (Å²) in [6, 6.07) is 9.96. The van der Waals surface area contributed by atoms with Crippen LogP contribution in [-0.4, -0.2) is 146 Å². The van der Waals surface area contributed by atoms with Crippen LogP contribution in [0.4, 0.5) is 19.0 Å². The molecule has 0 radical (unpaired) electrons. The number of amides is 3. The zero-order valence-electron chi connectivity index (χ0n) is 50.1. The third-order valence-electron chi connectivity index (χ3n) is 17.9. The number of nitrogens with one attached hydrogen (secondary N) is 3. The number of rotatable bonds is 23. The van der Waals surface area contributed by atoms with E-state index in [4.69, 9.17) is 25.9 Å². The number of thiazole rings is 1. The molecule has 4 saturated heterocycles. The molecule has 2 bridgehead atoms. The van der Waals surface area contributed by atoms with Gasteiger partial charge in [-0.25, -0.2) is 18.2 Å². The Labute approximate surface area is 510 Å². The molecule has 3 aromatic heterocycles. The maximum absolute atomic E-state index is 17.1. The number of ether oxygens (including phenoxy) is 2. The number of aromatic nitrogens is 4. The average Bonchev–Trinajstić information content (AvgIpc) is 1.66. The fraction of sp³-hybridized carbons (Fsp3) is 0.530. The molecule has 3 aromatic carbocycles. The summed E-state index contributed by atoms with van der Waals surface area (Å²) >= 11 is 1.56. The topological polar surface area (TPSA) is 208 Å². The normalized spacial score (nSPS) is 20.6. The maximum Gasteiger partial charge on any atom is 0.319 e. The van der Waals surface area contributed by atoms with Gasteiger partial charge in [0.05, 0.1) is 34.9 Å². The van der Waals surface area contributed by atoms with E-state index in [2.05, 4.69) is 41.6 Å². The number of aromatic hydroxyl groups is 1. The standard InChI is InChI=1S/C66H79F3N10O7S/c1-6-48-51(67)20-17-40-29-45(80)31-49(54(40)48)57-55(68)58-50(34-70-57)60(78-35-43-18-19-44(36-78)73-43)76-64(74-58)86-47-21-26-77(27-22-47)25-13-11-9-7-8-10-12-14-28-85-53-30-41(56-39(2)87-38-72-56)15-16-42(53)33-71-61(82)52-32-46(81)37-79(52)62(83)59(65(3,4)5)75-63(84)66(69)23-24-66/h1,15-17,20,29-31,34,38,43-44,46-47,52,59,73,80-81H,7-14,18-19,21-28,32-33,35-37H2,2-5H3,(H,71,82)(H,75,84)/t43?,44?,46-,52?,59?/m1/s1. The third-order valence-corrected chi connectivity index (χ3v) is 18.7. The number of carbonyl (C=O) groups is 3. The molecule has 1 aliphatic carbocycles. The van der Waals surface area contributed by atoms with E-state index in [1.165, 1.54) is 29.2 Å². The highest BCUT2D eigenvalue weighted by Gasteiger charge is 2.53. The number of nitrogens with zero attached hydrogens (tertiary/aromatic N) is 7. The van der Waals surface area contributed by atoms with Crippen molar-refractivity contribution in [3.8, 4) is 52.4 Å². The van der Waals surface area contributed by atoms with Crippen LogP contribution >= 0.6 is 11.3 Å². The first kappa shape index (κ1) is 61.5. The molecule has 4 unspecified atom stereocenters. The van der Waals surface area contributed by atoms with Gasteiger partial charge in [-0.3, -0.25) is 19.4 Å². The highest BCUT2D eigenvalue weighted by Crippen LogP contribution is 2.42. The van der Waals surface area contributed by atoms with Gasteiger partial charge in [0.1, 0.15) is 52.5 Å². The Bertz CT molecular complexity index is 3550. The van der Waals surface area contributed by atoms with Crippen LogP contribution < -0.4 is 30.3 Å². The second-order valence-electron chi connectivity index (χ2n) is 25.5. The minimum absolute atomic E-state index is 0.0298. The molecular formula is C66H79F3N10O7S. The SMILES string of the molecule is C#Cc1c(F)ccc2cc(O)cc(-c3ncc4c(N5CC6CCC(C5)N6)nc(OC5CCN(CCCCCCCCCCOc6cc(-c7ncsc7C)ccc6CNC(=O)C6C[C@@H](O)CN6C(=O)C(NC(=O)C6(F)CC6)C(C)(C)C)CC5)nc4c3F)c12. The second-order valence-corrected chi connectivity index (χ2v) is 26.5. The van der Waals surface area contributed by atoms with Crippen molar-refractivity contribution < 1.29 is 47.2 Å². The van der Waals surface area contributed by atoms with Gasteiger partial charge in [0.2, 0.25) is 11.8 Å². The lowest BCUT2D eigenvalue weighted by Crippen LogP contribution is -2.59. The summed E-state index contributed by atoms with van der Waals surface area (Å²) in [5.41, 5.74) is 1.59. The fourth-order valence-electron chi connectivity index (χ4n) is 12.9. The van der Waals surface area contributed by atoms with E-state index in [0.717, 1.165) is 118 Å². The van der Waals surface area contributed by atoms with E-state index in [1.807, 2.05) is 30.6 Å². The van der Waals surface area contributed by atoms with E-state index in [1.54, 1.807) is 38.3 Å². The number of piperazine rings is 1. The van der Waals surface area contributed by atoms with Crippen molar-refractivity contribution in [3.63, 3.8) is 0 Å². The summed E-state index contributed by atoms with van der Waals surface area (Å²) in [6.45, 7) is 12.0. The number of anilines is 1. The van der Waals surface area contributed by atoms with Crippen molar-refractivity contribution in [3.05, 3.63) is 81.8 Å². The van der Waals surface area contributed by atoms with Gasteiger partial charge in [-0.05, 0) is 99.9 Å². The molecule has 5 aliphatic rings. The monoisotopic (exact) mass is 1210 g/mol. The van der Waals surface area contributed by atoms with Gasteiger partial charge in [0.15, 0.2) is 11.5 Å². The van der Waals surface area contributed by atoms with Crippen molar-refractivity contribution in [2.75, 3.05) is 50.8 Å². The molecule has 5 N–H and O–H groups in total. The highest BCUT2D eigenvalue weighted by atomic mass is 32.1. The second kappa shape index (κ2) is 26.3. The molecule has 0 spiro atoms. The van der Waals surface area contributed by atoms with Crippen LogP contribution in [-0.2, 0) is 20.9 Å². The fourth-order valence-corrected chi connectivity index (χ4v) is 13.5. The van der Waals surface area contributed by atoms with Crippen LogP contribution in [0.25, 0.3) is 44.2 Å². The number of pyridine rings is 1. The molecule has 4 aliphatic heterocycles. The van der Waals surface area contributed by atoms with Gasteiger partial charge in [0, 0.05) is 90.9 Å². The Kier molecular flexibility index (Phi) is 18.6. The Morgan fingerprint density at radius 3 is 2.33 bits per heavy atom. The summed E-state index contributed by atoms with van der Waals surface area (Å²) in [5, 5.41) is 31.8. The number of halogens is 3. The Morgan fingerprint density at radius 2 is 1.64 bits per heavy atom. The molecule has 1 saturated carbocycles. The van der Waals surface area contributed by atoms with Crippen LogP contribution in [0.3, 0.4) is 0 Å². The van der Waals surface area contributed by atoms with Gasteiger partial charge in [-0.2, -0.15) is 9.97 Å². The first-order valence-corrected chi connectivity index (χ1v) is 31.8. The number of alkyl halides is 1. The quantitative estimate of drug-likeness (QED) is 0.0299. The zero-order chi connectivity index (χ0) is 61.1. The number of hydrogen-bond acceptors (Lipinski definition) is 15. The molecule has 17 nitrogen and oxygen atoms in total. The largest absolute Gasteiger partial charge is 0.508 e. The number of unbranched alkanes of at least 4 members (excludes halogenated alkanes) is 7. The smallest absolute Gasteiger partial charge is 0.319 e. The van der Waals surface area contributed by atoms with Crippen molar-refractivity contribution in [1.82, 2.24) is 45.7 Å². The summed E-state index contributed by atoms with van der Waals surface area (Å²) in [7, 11) is 0. The number of carbonyl (C=O) groups excluding carboxylic acids is 3. The lowest BCUT2D eigenvalue weighted by atomic mass is 9.85. The number of likely N-dealkylation sites (tertiary alicyclic amines) is 2. The van der Waals surface area contributed by atoms with Crippen LogP contribution in [0, 0.1) is 36.3 Å². The molecule has 462 valence electrons. The van der Waals surface area contributed by atoms with Gasteiger partial charge in [-0.1, -0.05) is 83.4 Å². The third kappa shape index (κ3) is 13.9. The highest BCUT2D eigenvalue weighted by molar-refractivity contribution is 7.10. The number of phenolic OH excluding ortho intramolecular Hbond substituents is 1. The molecule has 87 heavy (non-hydrogen) atoms. The van der Waals surface area contributed by atoms with Crippen molar-refractivity contribution in [2.45, 2.75) is 173 Å². The van der Waals surface area contributed by atoms with Gasteiger partial charge >= 0.3 is 6.01 Å². The number of piperidine rings is 1. The van der Waals surface area contributed by atoms with E-state index in [-0.39, 0.29) is 90.0 Å². The van der Waals surface area contributed by atoms with E-state index in [0.29, 0.717) is 42.0 Å². The number of fused-ring (bicyclic) bond motifs is 4. The van der Waals surface area contributed by atoms with E-state index >= 15 is 8.78 Å². The van der Waals surface area contributed by atoms with Gasteiger partial charge in [-0.15, -0.1) is 17.8 Å². The molecule has 11 rings (SSSR count). The Hall–Kier alpha value is -7.12. The van der Waals surface area contributed by atoms with Crippen LogP contribution in [0.1, 0.15) is 133 Å². The number of β-amino-alcohol motifs (C(OH)–C–C–N with tert-alkyl or cyclic N) is 1. The molecular weight excluding hydrogens is 1130 g/mol. The molecule has 7 heterocycles. The number of aliphatic hydroxyl groups is 1. The summed E-state index contributed by atoms with van der Waals surface area (Å²) in [6.07, 6.45) is 18.7. The Morgan fingerprint density at radius 1 is 0.920 bits per heavy atom. The van der Waals surface area contributed by atoms with E-state index < -0.39 is 58.6 Å². The maximum atomic E-state index is 17.1. The summed E-state index contributed by atoms with van der Waals surface area (Å²) in [4.78, 5) is 66.4. The molecule has 5 fully saturated rings. The van der Waals surface area contributed by atoms with Crippen LogP contribution in [0.5, 0.6) is 17.5 Å². The number of terminal acetylenes is 1. The molecule has 6 aromatic rings. The van der Waals surface area contributed by atoms with Gasteiger partial charge in [0.25, 0.3) is 5.91 Å². The number of aliphatic hydroxyl groups excluding tert-OH is 1. The molecule has 5 atom stereocenters. The zero-order valence-corrected chi connectivity index (χ0v) is 50.9. The lowest BCUT2D eigenvalue weighted by Gasteiger charge is -2.35. The van der Waals surface area contributed by atoms with Crippen molar-refractivity contribution >= 4 is 56.6 Å². The molecule has 3 amide bonds.